The molecule has 2 amide bonds. The molecule has 0 saturated carbocycles. The molecule has 0 spiro atoms. The molecule has 0 saturated heterocycles. The van der Waals surface area contributed by atoms with Crippen LogP contribution < -0.4 is 20.1 Å². The summed E-state index contributed by atoms with van der Waals surface area (Å²) in [6, 6.07) is 26.4. The van der Waals surface area contributed by atoms with Crippen LogP contribution in [-0.2, 0) is 32.3 Å². The van der Waals surface area contributed by atoms with E-state index >= 15 is 0 Å². The van der Waals surface area contributed by atoms with Gasteiger partial charge in [-0.15, -0.1) is 0 Å². The summed E-state index contributed by atoms with van der Waals surface area (Å²) < 4.78 is 36.8. The largest absolute Gasteiger partial charge is 0.496 e. The van der Waals surface area contributed by atoms with Gasteiger partial charge in [0.15, 0.2) is 0 Å². The van der Waals surface area contributed by atoms with Gasteiger partial charge in [0, 0.05) is 22.5 Å². The molecule has 8 nitrogen and oxygen atoms in total. The van der Waals surface area contributed by atoms with Crippen molar-refractivity contribution in [2.45, 2.75) is 22.6 Å². The van der Waals surface area contributed by atoms with Crippen molar-refractivity contribution in [3.8, 4) is 11.5 Å². The molecule has 0 aliphatic heterocycles. The Labute approximate surface area is 227 Å². The summed E-state index contributed by atoms with van der Waals surface area (Å²) in [6.45, 7) is 0. The van der Waals surface area contributed by atoms with Crippen LogP contribution in [0.2, 0.25) is 0 Å². The van der Waals surface area contributed by atoms with Crippen LogP contribution in [0.1, 0.15) is 11.1 Å². The molecule has 0 heterocycles. The number of methoxy groups -OCH3 is 2. The third-order valence-electron chi connectivity index (χ3n) is 5.98. The number of carbonyl (C=O) groups is 2. The zero-order chi connectivity index (χ0) is 27.8. The van der Waals surface area contributed by atoms with Crippen LogP contribution in [0.4, 0.5) is 11.4 Å². The van der Waals surface area contributed by atoms with E-state index in [0.717, 1.165) is 11.1 Å². The van der Waals surface area contributed by atoms with Crippen molar-refractivity contribution in [3.05, 3.63) is 108 Å². The first-order valence-electron chi connectivity index (χ1n) is 12.1. The van der Waals surface area contributed by atoms with Crippen LogP contribution in [0.15, 0.2) is 107 Å². The molecule has 4 rings (SSSR count). The van der Waals surface area contributed by atoms with Crippen LogP contribution >= 0.6 is 0 Å². The van der Waals surface area contributed by atoms with E-state index in [0.29, 0.717) is 22.9 Å². The number of carbonyl (C=O) groups excluding carboxylic acids is 2. The van der Waals surface area contributed by atoms with Gasteiger partial charge in [-0.25, -0.2) is 8.42 Å². The second-order valence-electron chi connectivity index (χ2n) is 8.63. The molecule has 0 unspecified atom stereocenters. The highest BCUT2D eigenvalue weighted by Gasteiger charge is 2.18. The van der Waals surface area contributed by atoms with Crippen LogP contribution in [0.25, 0.3) is 0 Å². The fourth-order valence-electron chi connectivity index (χ4n) is 4.03. The minimum atomic E-state index is -3.80. The predicted octanol–water partition coefficient (Wildman–Crippen LogP) is 4.90. The maximum absolute atomic E-state index is 13.1. The summed E-state index contributed by atoms with van der Waals surface area (Å²) in [5.74, 6) is 0.740. The average Bonchev–Trinajstić information content (AvgIpc) is 2.94. The fraction of sp³-hybridized carbons (Fsp3) is 0.133. The van der Waals surface area contributed by atoms with E-state index in [-0.39, 0.29) is 34.4 Å². The van der Waals surface area contributed by atoms with Crippen molar-refractivity contribution < 1.29 is 27.5 Å². The Morgan fingerprint density at radius 3 is 1.31 bits per heavy atom. The van der Waals surface area contributed by atoms with E-state index in [9.17, 15) is 18.0 Å². The second-order valence-corrected chi connectivity index (χ2v) is 10.6. The zero-order valence-corrected chi connectivity index (χ0v) is 22.3. The van der Waals surface area contributed by atoms with Gasteiger partial charge in [-0.2, -0.15) is 0 Å². The fourth-order valence-corrected chi connectivity index (χ4v) is 5.29. The van der Waals surface area contributed by atoms with Gasteiger partial charge in [-0.05, 0) is 60.7 Å². The number of nitrogens with one attached hydrogen (secondary N) is 2. The van der Waals surface area contributed by atoms with Gasteiger partial charge in [-0.1, -0.05) is 36.4 Å². The average molecular weight is 545 g/mol. The minimum Gasteiger partial charge on any atom is -0.496 e. The van der Waals surface area contributed by atoms with Crippen LogP contribution in [0.5, 0.6) is 11.5 Å². The minimum absolute atomic E-state index is 0.0817. The van der Waals surface area contributed by atoms with E-state index in [2.05, 4.69) is 10.6 Å². The summed E-state index contributed by atoms with van der Waals surface area (Å²) in [7, 11) is -0.713. The smallest absolute Gasteiger partial charge is 0.228 e. The Morgan fingerprint density at radius 2 is 0.949 bits per heavy atom. The number of hydrogen-bond acceptors (Lipinski definition) is 6. The molecular weight excluding hydrogens is 516 g/mol. The van der Waals surface area contributed by atoms with Gasteiger partial charge in [0.2, 0.25) is 21.7 Å². The summed E-state index contributed by atoms with van der Waals surface area (Å²) in [4.78, 5) is 25.1. The number of sulfone groups is 1. The molecule has 2 N–H and O–H groups in total. The Balaban J connectivity index is 1.38. The van der Waals surface area contributed by atoms with Crippen molar-refractivity contribution in [1.82, 2.24) is 0 Å². The SMILES string of the molecule is COc1ccccc1CC(=O)Nc1ccc(S(=O)(=O)c2ccc(NC(=O)Cc3ccccc3OC)cc2)cc1. The highest BCUT2D eigenvalue weighted by atomic mass is 32.2. The molecule has 200 valence electrons. The van der Waals surface area contributed by atoms with E-state index in [4.69, 9.17) is 9.47 Å². The van der Waals surface area contributed by atoms with E-state index in [1.165, 1.54) is 24.3 Å². The predicted molar refractivity (Wildman–Crippen MR) is 149 cm³/mol. The number of benzene rings is 4. The zero-order valence-electron chi connectivity index (χ0n) is 21.5. The van der Waals surface area contributed by atoms with Crippen molar-refractivity contribution in [3.63, 3.8) is 0 Å². The number of ether oxygens (including phenoxy) is 2. The first-order chi connectivity index (χ1) is 18.8. The molecule has 0 aliphatic carbocycles. The lowest BCUT2D eigenvalue weighted by atomic mass is 10.1. The first kappa shape index (κ1) is 27.4. The lowest BCUT2D eigenvalue weighted by Crippen LogP contribution is -2.15. The van der Waals surface area contributed by atoms with Crippen molar-refractivity contribution in [2.24, 2.45) is 0 Å². The van der Waals surface area contributed by atoms with Crippen LogP contribution in [0.3, 0.4) is 0 Å². The molecule has 0 aromatic heterocycles. The Kier molecular flexibility index (Phi) is 8.63. The Hall–Kier alpha value is -4.63. The normalized spacial score (nSPS) is 10.9. The van der Waals surface area contributed by atoms with E-state index < -0.39 is 9.84 Å². The molecular formula is C30H28N2O6S. The van der Waals surface area contributed by atoms with Crippen molar-refractivity contribution in [1.29, 1.82) is 0 Å². The van der Waals surface area contributed by atoms with Crippen molar-refractivity contribution in [2.75, 3.05) is 24.9 Å². The summed E-state index contributed by atoms with van der Waals surface area (Å²) in [5.41, 5.74) is 2.44. The molecule has 4 aromatic rings. The van der Waals surface area contributed by atoms with Crippen LogP contribution in [-0.4, -0.2) is 34.5 Å². The number of para-hydroxylation sites is 2. The molecule has 0 fully saturated rings. The Bertz CT molecular complexity index is 1450. The van der Waals surface area contributed by atoms with Gasteiger partial charge in [0.05, 0.1) is 36.9 Å². The molecule has 0 atom stereocenters. The maximum Gasteiger partial charge on any atom is 0.228 e. The lowest BCUT2D eigenvalue weighted by molar-refractivity contribution is -0.116. The van der Waals surface area contributed by atoms with Crippen molar-refractivity contribution >= 4 is 33.0 Å². The Morgan fingerprint density at radius 1 is 0.590 bits per heavy atom. The molecule has 0 bridgehead atoms. The third-order valence-corrected chi connectivity index (χ3v) is 7.77. The van der Waals surface area contributed by atoms with Crippen LogP contribution in [0, 0.1) is 0 Å². The number of amides is 2. The molecule has 9 heteroatoms. The third kappa shape index (κ3) is 6.82. The standard InChI is InChI=1S/C30H28N2O6S/c1-37-27-9-5-3-7-21(27)19-29(33)31-23-11-15-25(16-12-23)39(35,36)26-17-13-24(14-18-26)32-30(34)20-22-8-4-6-10-28(22)38-2/h3-18H,19-20H2,1-2H3,(H,31,33)(H,32,34). The number of anilines is 2. The van der Waals surface area contributed by atoms with Gasteiger partial charge in [-0.3, -0.25) is 9.59 Å². The van der Waals surface area contributed by atoms with Gasteiger partial charge < -0.3 is 20.1 Å². The molecule has 39 heavy (non-hydrogen) atoms. The summed E-state index contributed by atoms with van der Waals surface area (Å²) in [6.07, 6.45) is 0.234. The highest BCUT2D eigenvalue weighted by Crippen LogP contribution is 2.25. The molecule has 4 aromatic carbocycles. The van der Waals surface area contributed by atoms with E-state index in [1.54, 1.807) is 50.6 Å². The maximum atomic E-state index is 13.1. The summed E-state index contributed by atoms with van der Waals surface area (Å²) in [5, 5.41) is 5.55. The van der Waals surface area contributed by atoms with Gasteiger partial charge in [0.25, 0.3) is 0 Å². The second kappa shape index (κ2) is 12.3. The lowest BCUT2D eigenvalue weighted by Gasteiger charge is -2.11. The monoisotopic (exact) mass is 544 g/mol. The topological polar surface area (TPSA) is 111 Å². The molecule has 0 radical (unpaired) electrons. The highest BCUT2D eigenvalue weighted by molar-refractivity contribution is 7.91. The summed E-state index contributed by atoms with van der Waals surface area (Å²) >= 11 is 0. The number of hydrogen-bond donors (Lipinski definition) is 2. The van der Waals surface area contributed by atoms with Gasteiger partial charge in [0.1, 0.15) is 11.5 Å². The number of rotatable bonds is 10. The molecule has 0 aliphatic rings. The first-order valence-corrected chi connectivity index (χ1v) is 13.6. The van der Waals surface area contributed by atoms with E-state index in [1.807, 2.05) is 36.4 Å². The van der Waals surface area contributed by atoms with Gasteiger partial charge >= 0.3 is 0 Å². The quantitative estimate of drug-likeness (QED) is 0.294.